The Kier molecular flexibility index (Phi) is 8.62. The first-order valence-electron chi connectivity index (χ1n) is 13.5. The summed E-state index contributed by atoms with van der Waals surface area (Å²) in [6.45, 7) is 0.448. The van der Waals surface area contributed by atoms with Crippen LogP contribution in [0.2, 0.25) is 0 Å². The molecular weight excluding hydrogens is 632 g/mol. The number of aliphatic hydroxyl groups excluding tert-OH is 2. The Balaban J connectivity index is 1.53. The van der Waals surface area contributed by atoms with Crippen molar-refractivity contribution in [3.63, 3.8) is 0 Å². The van der Waals surface area contributed by atoms with Crippen LogP contribution >= 0.6 is 0 Å². The van der Waals surface area contributed by atoms with Crippen LogP contribution in [-0.2, 0) is 19.0 Å². The first kappa shape index (κ1) is 32.5. The lowest BCUT2D eigenvalue weighted by molar-refractivity contribution is -0.277. The lowest BCUT2D eigenvalue weighted by Gasteiger charge is -2.41. The summed E-state index contributed by atoms with van der Waals surface area (Å²) in [7, 11) is 0. The fraction of sp³-hybridized carbons (Fsp3) is 0.233. The predicted molar refractivity (Wildman–Crippen MR) is 153 cm³/mol. The molecule has 1 aliphatic heterocycles. The number of carbonyl (C=O) groups excluding carboxylic acids is 2. The molecule has 0 unspecified atom stereocenters. The van der Waals surface area contributed by atoms with Gasteiger partial charge in [-0.05, 0) is 12.1 Å². The minimum absolute atomic E-state index is 0.0189. The van der Waals surface area contributed by atoms with Crippen LogP contribution in [-0.4, -0.2) is 100 Å². The number of aliphatic hydroxyl groups is 2. The lowest BCUT2D eigenvalue weighted by atomic mass is 9.98. The molecule has 4 aromatic rings. The van der Waals surface area contributed by atoms with Gasteiger partial charge in [0.2, 0.25) is 17.8 Å². The fourth-order valence-electron chi connectivity index (χ4n) is 4.71. The number of ether oxygens (including phenoxy) is 4. The van der Waals surface area contributed by atoms with E-state index in [4.69, 9.17) is 23.4 Å². The van der Waals surface area contributed by atoms with E-state index in [1.54, 1.807) is 0 Å². The molecule has 0 spiro atoms. The van der Waals surface area contributed by atoms with Crippen LogP contribution in [0, 0.1) is 0 Å². The second-order valence-electron chi connectivity index (χ2n) is 10.4. The monoisotopic (exact) mass is 659 g/mol. The molecule has 0 amide bonds. The topological polar surface area (TPSA) is 285 Å². The molecule has 17 heteroatoms. The highest BCUT2D eigenvalue weighted by molar-refractivity contribution is 5.91. The molecule has 10 N–H and O–H groups in total. The summed E-state index contributed by atoms with van der Waals surface area (Å²) in [6, 6.07) is 6.69. The van der Waals surface area contributed by atoms with Gasteiger partial charge < -0.3 is 70.0 Å². The predicted octanol–water partition coefficient (Wildman–Crippen LogP) is 1.64. The van der Waals surface area contributed by atoms with Crippen molar-refractivity contribution in [1.82, 2.24) is 0 Å². The summed E-state index contributed by atoms with van der Waals surface area (Å²) in [6.07, 6.45) is -9.25. The Hall–Kier alpha value is -5.91. The van der Waals surface area contributed by atoms with Gasteiger partial charge in [-0.3, -0.25) is 4.79 Å². The molecule has 0 radical (unpaired) electrons. The van der Waals surface area contributed by atoms with Crippen LogP contribution in [0.3, 0.4) is 0 Å². The lowest BCUT2D eigenvalue weighted by Crippen LogP contribution is -2.61. The van der Waals surface area contributed by atoms with Gasteiger partial charge in [-0.25, -0.2) is 9.21 Å². The van der Waals surface area contributed by atoms with Crippen molar-refractivity contribution in [3.05, 3.63) is 48.0 Å². The number of esters is 2. The van der Waals surface area contributed by atoms with Crippen LogP contribution < -0.4 is 4.74 Å². The van der Waals surface area contributed by atoms with Crippen molar-refractivity contribution in [1.29, 1.82) is 0 Å². The highest BCUT2D eigenvalue weighted by atomic mass is 16.7. The van der Waals surface area contributed by atoms with Gasteiger partial charge in [0.05, 0.1) is 17.2 Å². The van der Waals surface area contributed by atoms with Crippen LogP contribution in [0.5, 0.6) is 51.7 Å². The highest BCUT2D eigenvalue weighted by Gasteiger charge is 2.49. The van der Waals surface area contributed by atoms with Gasteiger partial charge >= 0.3 is 23.3 Å². The van der Waals surface area contributed by atoms with Crippen molar-refractivity contribution < 1.29 is 84.0 Å². The molecule has 5 atom stereocenters. The van der Waals surface area contributed by atoms with Crippen molar-refractivity contribution in [2.45, 2.75) is 37.6 Å². The van der Waals surface area contributed by atoms with E-state index in [9.17, 15) is 60.7 Å². The zero-order valence-corrected chi connectivity index (χ0v) is 24.0. The standard InChI is InChI=1S/C30H26O17/c1-10(31)43-9-22-25(40)26(41)28(47-29(42)12-3-16(34)23(38)17(35)4-12)30(46-22)45-21-5-11(2-18(36)24(21)39)27-19(37)8-14-15(33)6-13(32)7-20(14)44-27/h2-8,22,25-26,28,30,40-41H,9H2,1H3,(H7-,32,33,34,35,36,37,38,39,42)/p+1/t22-,25+,26+,28-,30-/m1/s1. The van der Waals surface area contributed by atoms with Crippen molar-refractivity contribution in [2.24, 2.45) is 0 Å². The molecule has 0 saturated carbocycles. The SMILES string of the molecule is CC(=O)OC[C@H]1O[C@@H](Oc2cc(-c3[o+]c4cc(O)cc(O)c4cc3O)cc(O)c2O)[C@H](OC(=O)c2cc(O)c(O)c(O)c2)[C@@H](O)[C@H]1O. The van der Waals surface area contributed by atoms with Crippen LogP contribution in [0.25, 0.3) is 22.3 Å². The number of rotatable bonds is 7. The molecule has 47 heavy (non-hydrogen) atoms. The quantitative estimate of drug-likeness (QED) is 0.0766. The Morgan fingerprint density at radius 3 is 2.11 bits per heavy atom. The van der Waals surface area contributed by atoms with Gasteiger partial charge in [0.25, 0.3) is 0 Å². The van der Waals surface area contributed by atoms with Crippen molar-refractivity contribution >= 4 is 22.9 Å². The molecule has 1 aromatic heterocycles. The van der Waals surface area contributed by atoms with Crippen LogP contribution in [0.15, 0.2) is 46.9 Å². The van der Waals surface area contributed by atoms with Gasteiger partial charge in [-0.1, -0.05) is 0 Å². The summed E-state index contributed by atoms with van der Waals surface area (Å²) in [5.41, 5.74) is -0.758. The summed E-state index contributed by atoms with van der Waals surface area (Å²) in [4.78, 5) is 24.4. The van der Waals surface area contributed by atoms with E-state index in [1.807, 2.05) is 0 Å². The molecule has 1 aliphatic rings. The maximum absolute atomic E-state index is 13.0. The number of aromatic hydroxyl groups is 8. The fourth-order valence-corrected chi connectivity index (χ4v) is 4.71. The molecule has 0 bridgehead atoms. The minimum atomic E-state index is -2.02. The van der Waals surface area contributed by atoms with Gasteiger partial charge in [0.1, 0.15) is 41.8 Å². The summed E-state index contributed by atoms with van der Waals surface area (Å²) in [5, 5.41) is 103. The van der Waals surface area contributed by atoms with E-state index in [2.05, 4.69) is 0 Å². The first-order valence-corrected chi connectivity index (χ1v) is 13.5. The average molecular weight is 660 g/mol. The number of benzene rings is 3. The number of hydrogen-bond acceptors (Lipinski definition) is 16. The molecule has 0 aliphatic carbocycles. The normalized spacial score (nSPS) is 20.9. The number of fused-ring (bicyclic) bond motifs is 1. The van der Waals surface area contributed by atoms with Crippen molar-refractivity contribution in [3.8, 4) is 63.1 Å². The molecule has 248 valence electrons. The third-order valence-corrected chi connectivity index (χ3v) is 7.03. The molecule has 1 saturated heterocycles. The second kappa shape index (κ2) is 12.5. The van der Waals surface area contributed by atoms with Gasteiger partial charge in [0, 0.05) is 31.2 Å². The molecule has 2 heterocycles. The van der Waals surface area contributed by atoms with Crippen LogP contribution in [0.1, 0.15) is 17.3 Å². The third-order valence-electron chi connectivity index (χ3n) is 7.03. The van der Waals surface area contributed by atoms with E-state index in [0.29, 0.717) is 0 Å². The van der Waals surface area contributed by atoms with Gasteiger partial charge in [-0.15, -0.1) is 0 Å². The maximum atomic E-state index is 13.0. The molecule has 5 rings (SSSR count). The summed E-state index contributed by atoms with van der Waals surface area (Å²) < 4.78 is 27.1. The van der Waals surface area contributed by atoms with Gasteiger partial charge in [-0.2, -0.15) is 0 Å². The third kappa shape index (κ3) is 6.43. The maximum Gasteiger partial charge on any atom is 0.402 e. The molecule has 1 fully saturated rings. The van der Waals surface area contributed by atoms with E-state index in [0.717, 1.165) is 49.4 Å². The highest BCUT2D eigenvalue weighted by Crippen LogP contribution is 2.45. The first-order chi connectivity index (χ1) is 22.1. The minimum Gasteiger partial charge on any atom is -0.507 e. The Bertz CT molecular complexity index is 1850. The Morgan fingerprint density at radius 2 is 1.45 bits per heavy atom. The molecular formula is C30H27O17+. The van der Waals surface area contributed by atoms with Gasteiger partial charge in [0.15, 0.2) is 34.9 Å². The Labute approximate surface area is 262 Å². The van der Waals surface area contributed by atoms with Crippen LogP contribution in [0.4, 0.5) is 0 Å². The Morgan fingerprint density at radius 1 is 0.787 bits per heavy atom. The molecule has 17 nitrogen and oxygen atoms in total. The van der Waals surface area contributed by atoms with E-state index >= 15 is 0 Å². The van der Waals surface area contributed by atoms with Crippen molar-refractivity contribution in [2.75, 3.05) is 6.61 Å². The number of phenolic OH excluding ortho intramolecular Hbond substituents is 7. The van der Waals surface area contributed by atoms with E-state index < -0.39 is 101 Å². The second-order valence-corrected chi connectivity index (χ2v) is 10.4. The zero-order valence-electron chi connectivity index (χ0n) is 24.0. The number of hydrogen-bond donors (Lipinski definition) is 10. The summed E-state index contributed by atoms with van der Waals surface area (Å²) >= 11 is 0. The van der Waals surface area contributed by atoms with E-state index in [1.165, 1.54) is 0 Å². The number of carbonyl (C=O) groups is 2. The smallest absolute Gasteiger partial charge is 0.402 e. The number of phenols is 7. The zero-order chi connectivity index (χ0) is 34.3. The average Bonchev–Trinajstić information content (AvgIpc) is 3.00. The molecule has 3 aromatic carbocycles. The van der Waals surface area contributed by atoms with E-state index in [-0.39, 0.29) is 28.0 Å². The summed E-state index contributed by atoms with van der Waals surface area (Å²) in [5.74, 6) is -8.86. The largest absolute Gasteiger partial charge is 0.507 e.